The lowest BCUT2D eigenvalue weighted by atomic mass is 10.0. The lowest BCUT2D eigenvalue weighted by Gasteiger charge is -2.28. The highest BCUT2D eigenvalue weighted by atomic mass is 31.2. The minimum Gasteiger partial charge on any atom is -0.756 e. The Hall–Kier alpha value is -2.79. The molecule has 0 saturated carbocycles. The molecule has 11 nitrogen and oxygen atoms in total. The molecule has 332 valence electrons. The molecular weight excluding hydrogens is 757 g/mol. The number of furan rings is 1. The molecule has 0 aliphatic rings. The first-order valence-electron chi connectivity index (χ1n) is 21.8. The van der Waals surface area contributed by atoms with Gasteiger partial charge in [0.15, 0.2) is 6.10 Å². The Morgan fingerprint density at radius 1 is 0.741 bits per heavy atom. The number of aryl methyl sites for hydroxylation is 2. The Bertz CT molecular complexity index is 1420. The van der Waals surface area contributed by atoms with Gasteiger partial charge in [-0.15, -0.1) is 0 Å². The molecule has 0 saturated heterocycles. The largest absolute Gasteiger partial charge is 0.756 e. The van der Waals surface area contributed by atoms with E-state index in [1.165, 1.54) is 11.1 Å². The van der Waals surface area contributed by atoms with Gasteiger partial charge in [-0.3, -0.25) is 14.2 Å². The third-order valence-electron chi connectivity index (χ3n) is 9.60. The van der Waals surface area contributed by atoms with Gasteiger partial charge in [0.1, 0.15) is 31.3 Å². The highest BCUT2D eigenvalue weighted by Crippen LogP contribution is 2.38. The van der Waals surface area contributed by atoms with Crippen LogP contribution in [0.4, 0.5) is 0 Å². The van der Waals surface area contributed by atoms with Crippen LogP contribution in [-0.4, -0.2) is 81.2 Å². The van der Waals surface area contributed by atoms with Gasteiger partial charge in [0.2, 0.25) is 0 Å². The number of phosphoric ester groups is 1. The van der Waals surface area contributed by atoms with Crippen molar-refractivity contribution in [1.29, 1.82) is 0 Å². The summed E-state index contributed by atoms with van der Waals surface area (Å²) in [6.45, 7) is 8.12. The number of phosphoric acid groups is 1. The van der Waals surface area contributed by atoms with Crippen molar-refractivity contribution in [3.05, 3.63) is 71.3 Å². The van der Waals surface area contributed by atoms with Crippen molar-refractivity contribution >= 4 is 19.8 Å². The van der Waals surface area contributed by atoms with E-state index in [1.54, 1.807) is 0 Å². The molecule has 0 aliphatic heterocycles. The Balaban J connectivity index is 2.42. The molecule has 3 atom stereocenters. The lowest BCUT2D eigenvalue weighted by molar-refractivity contribution is -0.870. The van der Waals surface area contributed by atoms with Crippen molar-refractivity contribution in [3.8, 4) is 0 Å². The number of carbonyl (C=O) groups excluding carboxylic acids is 2. The van der Waals surface area contributed by atoms with Crippen molar-refractivity contribution in [2.24, 2.45) is 0 Å². The van der Waals surface area contributed by atoms with Crippen LogP contribution >= 0.6 is 7.82 Å². The number of allylic oxidation sites excluding steroid dienone is 7. The summed E-state index contributed by atoms with van der Waals surface area (Å²) >= 11 is 0. The van der Waals surface area contributed by atoms with Crippen molar-refractivity contribution in [2.45, 2.75) is 162 Å². The number of rotatable bonds is 35. The van der Waals surface area contributed by atoms with Crippen LogP contribution < -0.4 is 4.89 Å². The van der Waals surface area contributed by atoms with Gasteiger partial charge >= 0.3 is 11.9 Å². The smallest absolute Gasteiger partial charge is 0.306 e. The van der Waals surface area contributed by atoms with Crippen LogP contribution in [0.1, 0.15) is 146 Å². The maximum absolute atomic E-state index is 12.7. The summed E-state index contributed by atoms with van der Waals surface area (Å²) in [5.41, 5.74) is 2.55. The van der Waals surface area contributed by atoms with Crippen molar-refractivity contribution < 1.29 is 51.6 Å². The Kier molecular flexibility index (Phi) is 29.4. The summed E-state index contributed by atoms with van der Waals surface area (Å²) < 4.78 is 39.9. The van der Waals surface area contributed by atoms with Gasteiger partial charge in [0.05, 0.1) is 33.9 Å². The minimum absolute atomic E-state index is 0.0573. The number of hydrogen-bond donors (Lipinski definition) is 1. The van der Waals surface area contributed by atoms with Gasteiger partial charge in [-0.2, -0.15) is 0 Å². The number of aliphatic hydroxyl groups excluding tert-OH is 1. The van der Waals surface area contributed by atoms with Gasteiger partial charge < -0.3 is 37.4 Å². The quantitative estimate of drug-likeness (QED) is 0.0231. The minimum atomic E-state index is -4.66. The van der Waals surface area contributed by atoms with E-state index in [-0.39, 0.29) is 32.2 Å². The topological polar surface area (TPSA) is 145 Å². The van der Waals surface area contributed by atoms with Crippen LogP contribution in [0.25, 0.3) is 0 Å². The van der Waals surface area contributed by atoms with Crippen LogP contribution in [0.5, 0.6) is 0 Å². The van der Waals surface area contributed by atoms with Crippen LogP contribution in [0, 0.1) is 13.8 Å². The summed E-state index contributed by atoms with van der Waals surface area (Å²) in [7, 11) is 1.07. The van der Waals surface area contributed by atoms with Crippen molar-refractivity contribution in [3.63, 3.8) is 0 Å². The van der Waals surface area contributed by atoms with Crippen LogP contribution in [0.2, 0.25) is 0 Å². The van der Waals surface area contributed by atoms with Gasteiger partial charge in [-0.1, -0.05) is 101 Å². The number of esters is 2. The molecule has 0 bridgehead atoms. The summed E-state index contributed by atoms with van der Waals surface area (Å²) in [6.07, 6.45) is 30.6. The SMILES string of the molecule is CCCC[C@H](O)/C=C\C/C=C\C/C=C\C/C=C\CCCC(=O)OC[C@H](COP(=O)([O-])OCC[N+](C)(C)C)OC(=O)CCCCCCCCc1oc(CCC)c(C)c1C. The zero-order chi connectivity index (χ0) is 43.1. The Labute approximate surface area is 351 Å². The number of quaternary nitrogens is 1. The molecule has 0 fully saturated rings. The second-order valence-electron chi connectivity index (χ2n) is 16.1. The second kappa shape index (κ2) is 32.0. The molecule has 0 aromatic carbocycles. The second-order valence-corrected chi connectivity index (χ2v) is 17.5. The van der Waals surface area contributed by atoms with E-state index < -0.39 is 32.5 Å². The lowest BCUT2D eigenvalue weighted by Crippen LogP contribution is -2.37. The first-order chi connectivity index (χ1) is 27.7. The third-order valence-corrected chi connectivity index (χ3v) is 10.6. The number of unbranched alkanes of at least 4 members (excludes halogenated alkanes) is 7. The van der Waals surface area contributed by atoms with E-state index in [0.717, 1.165) is 101 Å². The molecule has 1 rings (SSSR count). The number of likely N-dealkylation sites (N-methyl/N-ethyl adjacent to an activating group) is 1. The Morgan fingerprint density at radius 3 is 1.97 bits per heavy atom. The monoisotopic (exact) mass is 836 g/mol. The first-order valence-corrected chi connectivity index (χ1v) is 23.3. The number of nitrogens with zero attached hydrogens (tertiary/aromatic N) is 1. The molecular formula is C46H78NO10P. The zero-order valence-electron chi connectivity index (χ0n) is 37.1. The molecule has 1 unspecified atom stereocenters. The number of aliphatic hydroxyl groups is 1. The summed E-state index contributed by atoms with van der Waals surface area (Å²) in [5, 5.41) is 9.82. The van der Waals surface area contributed by atoms with E-state index >= 15 is 0 Å². The molecule has 58 heavy (non-hydrogen) atoms. The van der Waals surface area contributed by atoms with E-state index in [4.69, 9.17) is 22.9 Å². The van der Waals surface area contributed by atoms with E-state index in [2.05, 4.69) is 58.1 Å². The van der Waals surface area contributed by atoms with Gasteiger partial charge in [0.25, 0.3) is 7.82 Å². The fraction of sp³-hybridized carbons (Fsp3) is 0.696. The highest BCUT2D eigenvalue weighted by molar-refractivity contribution is 7.45. The molecule has 1 heterocycles. The molecule has 0 amide bonds. The fourth-order valence-electron chi connectivity index (χ4n) is 5.89. The van der Waals surface area contributed by atoms with E-state index in [1.807, 2.05) is 39.4 Å². The maximum atomic E-state index is 12.7. The van der Waals surface area contributed by atoms with Gasteiger partial charge in [-0.05, 0) is 82.8 Å². The first kappa shape index (κ1) is 53.2. The average molecular weight is 836 g/mol. The number of hydrogen-bond acceptors (Lipinski definition) is 10. The number of ether oxygens (including phenoxy) is 2. The molecule has 1 N–H and O–H groups in total. The van der Waals surface area contributed by atoms with Crippen molar-refractivity contribution in [2.75, 3.05) is 47.5 Å². The standard InChI is InChI=1S/C46H78NO10P/c1-8-10-30-41(48)31-25-21-17-15-13-11-12-14-16-18-23-27-33-45(49)53-37-42(38-55-58(51,52)54-36-35-47(5,6)7)56-46(50)34-28-24-20-19-22-26-32-44-40(4)39(3)43(57-44)29-9-2/h11-12,15-18,25,31,41-42,48H,8-10,13-14,19-24,26-30,32-38H2,1-7H3/b12-11-,17-15-,18-16-,31-25-/t41-,42+/m0/s1. The fourth-order valence-corrected chi connectivity index (χ4v) is 6.62. The predicted molar refractivity (Wildman–Crippen MR) is 231 cm³/mol. The maximum Gasteiger partial charge on any atom is 0.306 e. The van der Waals surface area contributed by atoms with Gasteiger partial charge in [0, 0.05) is 25.7 Å². The van der Waals surface area contributed by atoms with Crippen molar-refractivity contribution in [1.82, 2.24) is 0 Å². The Morgan fingerprint density at radius 2 is 1.33 bits per heavy atom. The molecule has 0 radical (unpaired) electrons. The van der Waals surface area contributed by atoms with Crippen LogP contribution in [0.3, 0.4) is 0 Å². The summed E-state index contributed by atoms with van der Waals surface area (Å²) in [6, 6.07) is 0. The number of carbonyl (C=O) groups is 2. The van der Waals surface area contributed by atoms with Crippen LogP contribution in [0.15, 0.2) is 53.0 Å². The molecule has 1 aromatic heterocycles. The normalized spacial score (nSPS) is 14.6. The molecule has 12 heteroatoms. The average Bonchev–Trinajstić information content (AvgIpc) is 3.43. The summed E-state index contributed by atoms with van der Waals surface area (Å²) in [4.78, 5) is 37.6. The predicted octanol–water partition coefficient (Wildman–Crippen LogP) is 9.90. The van der Waals surface area contributed by atoms with E-state index in [0.29, 0.717) is 30.3 Å². The molecule has 0 aliphatic carbocycles. The zero-order valence-corrected chi connectivity index (χ0v) is 37.9. The van der Waals surface area contributed by atoms with Gasteiger partial charge in [-0.25, -0.2) is 0 Å². The third kappa shape index (κ3) is 28.6. The molecule has 0 spiro atoms. The molecule has 1 aromatic rings. The highest BCUT2D eigenvalue weighted by Gasteiger charge is 2.22. The summed E-state index contributed by atoms with van der Waals surface area (Å²) in [5.74, 6) is 1.25. The van der Waals surface area contributed by atoms with E-state index in [9.17, 15) is 24.2 Å². The van der Waals surface area contributed by atoms with Crippen LogP contribution in [-0.2, 0) is 45.5 Å².